The molecule has 2 amide bonds. The third-order valence-corrected chi connectivity index (χ3v) is 4.61. The SMILES string of the molecule is Cc1ccc(S(=O)(=O)NC(C(=O)O)N2C(=O)CCC2=O)cc1. The minimum absolute atomic E-state index is 0.130. The highest BCUT2D eigenvalue weighted by molar-refractivity contribution is 7.89. The van der Waals surface area contributed by atoms with Gasteiger partial charge < -0.3 is 5.11 Å². The second-order valence-corrected chi connectivity index (χ2v) is 6.55. The van der Waals surface area contributed by atoms with E-state index in [1.807, 2.05) is 4.72 Å². The number of sulfonamides is 1. The number of aliphatic carboxylic acids is 1. The molecule has 22 heavy (non-hydrogen) atoms. The van der Waals surface area contributed by atoms with Gasteiger partial charge in [-0.3, -0.25) is 14.5 Å². The molecular formula is C13H14N2O6S. The number of carbonyl (C=O) groups is 3. The van der Waals surface area contributed by atoms with Gasteiger partial charge in [-0.1, -0.05) is 17.7 Å². The maximum absolute atomic E-state index is 12.2. The molecular weight excluding hydrogens is 312 g/mol. The number of benzene rings is 1. The average Bonchev–Trinajstić information content (AvgIpc) is 2.76. The lowest BCUT2D eigenvalue weighted by Gasteiger charge is -2.23. The van der Waals surface area contributed by atoms with Crippen LogP contribution >= 0.6 is 0 Å². The van der Waals surface area contributed by atoms with Crippen LogP contribution in [0.3, 0.4) is 0 Å². The van der Waals surface area contributed by atoms with Crippen LogP contribution in [0.15, 0.2) is 29.2 Å². The molecule has 1 aromatic rings. The number of rotatable bonds is 5. The Morgan fingerprint density at radius 2 is 1.68 bits per heavy atom. The van der Waals surface area contributed by atoms with Crippen LogP contribution in [0.5, 0.6) is 0 Å². The van der Waals surface area contributed by atoms with Crippen LogP contribution in [0.4, 0.5) is 0 Å². The summed E-state index contributed by atoms with van der Waals surface area (Å²) in [5, 5.41) is 9.15. The number of carboxylic acids is 1. The first kappa shape index (κ1) is 16.1. The van der Waals surface area contributed by atoms with E-state index in [0.29, 0.717) is 4.90 Å². The zero-order chi connectivity index (χ0) is 16.5. The Morgan fingerprint density at radius 1 is 1.18 bits per heavy atom. The zero-order valence-corrected chi connectivity index (χ0v) is 12.5. The maximum atomic E-state index is 12.2. The molecule has 1 aliphatic rings. The molecule has 2 rings (SSSR count). The van der Waals surface area contributed by atoms with E-state index in [2.05, 4.69) is 0 Å². The van der Waals surface area contributed by atoms with Crippen molar-refractivity contribution in [2.75, 3.05) is 0 Å². The highest BCUT2D eigenvalue weighted by Crippen LogP contribution is 2.17. The fourth-order valence-electron chi connectivity index (χ4n) is 2.03. The van der Waals surface area contributed by atoms with Gasteiger partial charge in [0, 0.05) is 12.8 Å². The molecule has 1 unspecified atom stereocenters. The summed E-state index contributed by atoms with van der Waals surface area (Å²) >= 11 is 0. The van der Waals surface area contributed by atoms with Crippen molar-refractivity contribution in [1.29, 1.82) is 0 Å². The summed E-state index contributed by atoms with van der Waals surface area (Å²) in [4.78, 5) is 34.8. The molecule has 9 heteroatoms. The Hall–Kier alpha value is -2.26. The Morgan fingerprint density at radius 3 is 2.14 bits per heavy atom. The van der Waals surface area contributed by atoms with Crippen molar-refractivity contribution >= 4 is 27.8 Å². The Bertz CT molecular complexity index is 709. The number of imide groups is 1. The van der Waals surface area contributed by atoms with E-state index in [4.69, 9.17) is 5.11 Å². The topological polar surface area (TPSA) is 121 Å². The molecule has 0 saturated carbocycles. The molecule has 1 heterocycles. The van der Waals surface area contributed by atoms with Crippen LogP contribution < -0.4 is 4.72 Å². The van der Waals surface area contributed by atoms with Crippen LogP contribution in [-0.4, -0.2) is 42.4 Å². The molecule has 1 fully saturated rings. The van der Waals surface area contributed by atoms with Gasteiger partial charge in [0.15, 0.2) is 0 Å². The average molecular weight is 326 g/mol. The molecule has 0 aliphatic carbocycles. The van der Waals surface area contributed by atoms with E-state index < -0.39 is 34.0 Å². The number of nitrogens with zero attached hydrogens (tertiary/aromatic N) is 1. The van der Waals surface area contributed by atoms with E-state index in [-0.39, 0.29) is 17.7 Å². The minimum Gasteiger partial charge on any atom is -0.479 e. The summed E-state index contributed by atoms with van der Waals surface area (Å²) in [7, 11) is -4.18. The quantitative estimate of drug-likeness (QED) is 0.725. The molecule has 0 radical (unpaired) electrons. The normalized spacial score (nSPS) is 16.9. The van der Waals surface area contributed by atoms with E-state index in [1.54, 1.807) is 19.1 Å². The number of likely N-dealkylation sites (tertiary alicyclic amines) is 1. The van der Waals surface area contributed by atoms with Crippen LogP contribution in [0, 0.1) is 6.92 Å². The number of hydrogen-bond acceptors (Lipinski definition) is 5. The van der Waals surface area contributed by atoms with E-state index >= 15 is 0 Å². The molecule has 1 atom stereocenters. The molecule has 1 aliphatic heterocycles. The minimum atomic E-state index is -4.18. The lowest BCUT2D eigenvalue weighted by molar-refractivity contribution is -0.154. The third-order valence-electron chi connectivity index (χ3n) is 3.18. The van der Waals surface area contributed by atoms with Crippen LogP contribution in [0.2, 0.25) is 0 Å². The largest absolute Gasteiger partial charge is 0.479 e. The molecule has 1 saturated heterocycles. The van der Waals surface area contributed by atoms with Crippen molar-refractivity contribution in [2.45, 2.75) is 30.8 Å². The molecule has 8 nitrogen and oxygen atoms in total. The fourth-order valence-corrected chi connectivity index (χ4v) is 3.16. The first-order valence-corrected chi connectivity index (χ1v) is 7.87. The fraction of sp³-hybridized carbons (Fsp3) is 0.308. The van der Waals surface area contributed by atoms with Crippen LogP contribution in [-0.2, 0) is 24.4 Å². The van der Waals surface area contributed by atoms with Crippen molar-refractivity contribution < 1.29 is 27.9 Å². The molecule has 0 aromatic heterocycles. The van der Waals surface area contributed by atoms with Gasteiger partial charge in [-0.2, -0.15) is 4.72 Å². The van der Waals surface area contributed by atoms with E-state index in [9.17, 15) is 22.8 Å². The van der Waals surface area contributed by atoms with Gasteiger partial charge in [0.05, 0.1) is 4.90 Å². The first-order chi connectivity index (χ1) is 10.2. The number of carboxylic acid groups (broad SMARTS) is 1. The van der Waals surface area contributed by atoms with Crippen molar-refractivity contribution in [3.8, 4) is 0 Å². The second-order valence-electron chi connectivity index (χ2n) is 4.83. The number of nitrogens with one attached hydrogen (secondary N) is 1. The number of carbonyl (C=O) groups excluding carboxylic acids is 2. The van der Waals surface area contributed by atoms with Crippen LogP contribution in [0.1, 0.15) is 18.4 Å². The smallest absolute Gasteiger partial charge is 0.343 e. The van der Waals surface area contributed by atoms with Crippen molar-refractivity contribution in [2.24, 2.45) is 0 Å². The van der Waals surface area contributed by atoms with Gasteiger partial charge in [-0.15, -0.1) is 0 Å². The van der Waals surface area contributed by atoms with Crippen molar-refractivity contribution in [1.82, 2.24) is 9.62 Å². The zero-order valence-electron chi connectivity index (χ0n) is 11.6. The van der Waals surface area contributed by atoms with Crippen LogP contribution in [0.25, 0.3) is 0 Å². The molecule has 0 bridgehead atoms. The molecule has 1 aromatic carbocycles. The lowest BCUT2D eigenvalue weighted by Crippen LogP contribution is -2.54. The maximum Gasteiger partial charge on any atom is 0.343 e. The summed E-state index contributed by atoms with van der Waals surface area (Å²) in [5.41, 5.74) is 0.832. The van der Waals surface area contributed by atoms with Gasteiger partial charge in [0.2, 0.25) is 28.0 Å². The van der Waals surface area contributed by atoms with Gasteiger partial charge >= 0.3 is 5.97 Å². The Kier molecular flexibility index (Phi) is 4.29. The Balaban J connectivity index is 2.31. The summed E-state index contributed by atoms with van der Waals surface area (Å²) in [6, 6.07) is 5.72. The summed E-state index contributed by atoms with van der Waals surface area (Å²) in [5.74, 6) is -3.06. The van der Waals surface area contributed by atoms with Gasteiger partial charge in [0.1, 0.15) is 0 Å². The lowest BCUT2D eigenvalue weighted by atomic mass is 10.2. The predicted octanol–water partition coefficient (Wildman–Crippen LogP) is -0.167. The van der Waals surface area contributed by atoms with Gasteiger partial charge in [-0.25, -0.2) is 13.2 Å². The highest BCUT2D eigenvalue weighted by Gasteiger charge is 2.41. The molecule has 118 valence electrons. The highest BCUT2D eigenvalue weighted by atomic mass is 32.2. The van der Waals surface area contributed by atoms with E-state index in [0.717, 1.165) is 5.56 Å². The molecule has 2 N–H and O–H groups in total. The predicted molar refractivity (Wildman–Crippen MR) is 74.0 cm³/mol. The standard InChI is InChI=1S/C13H14N2O6S/c1-8-2-4-9(5-3-8)22(20,21)14-12(13(18)19)15-10(16)6-7-11(15)17/h2-5,12,14H,6-7H2,1H3,(H,18,19). The van der Waals surface area contributed by atoms with Crippen molar-refractivity contribution in [3.63, 3.8) is 0 Å². The molecule has 0 spiro atoms. The summed E-state index contributed by atoms with van der Waals surface area (Å²) in [6.07, 6.45) is -2.21. The summed E-state index contributed by atoms with van der Waals surface area (Å²) in [6.45, 7) is 1.77. The number of hydrogen-bond donors (Lipinski definition) is 2. The summed E-state index contributed by atoms with van der Waals surface area (Å²) < 4.78 is 26.3. The second kappa shape index (κ2) is 5.85. The van der Waals surface area contributed by atoms with Gasteiger partial charge in [0.25, 0.3) is 0 Å². The third kappa shape index (κ3) is 3.15. The monoisotopic (exact) mass is 326 g/mol. The number of aryl methyl sites for hydroxylation is 1. The number of amides is 2. The first-order valence-electron chi connectivity index (χ1n) is 6.39. The van der Waals surface area contributed by atoms with Crippen molar-refractivity contribution in [3.05, 3.63) is 29.8 Å². The van der Waals surface area contributed by atoms with E-state index in [1.165, 1.54) is 12.1 Å². The van der Waals surface area contributed by atoms with Gasteiger partial charge in [-0.05, 0) is 19.1 Å². The Labute approximate surface area is 126 Å².